The maximum Gasteiger partial charge on any atom is 0.457 e. The minimum atomic E-state index is -4.59. The highest BCUT2D eigenvalue weighted by molar-refractivity contribution is 6.00. The third-order valence-corrected chi connectivity index (χ3v) is 2.72. The fourth-order valence-corrected chi connectivity index (χ4v) is 1.80. The molecule has 1 aliphatic heterocycles. The molecule has 1 aliphatic rings. The maximum absolute atomic E-state index is 12.3. The molecule has 0 saturated heterocycles. The van der Waals surface area contributed by atoms with Crippen molar-refractivity contribution in [3.05, 3.63) is 23.8 Å². The Morgan fingerprint density at radius 1 is 1.37 bits per heavy atom. The normalized spacial score (nSPS) is 15.4. The summed E-state index contributed by atoms with van der Waals surface area (Å²) in [6.07, 6.45) is -4.56. The zero-order chi connectivity index (χ0) is 14.0. The number of carbonyl (C=O) groups is 1. The Labute approximate surface area is 107 Å². The molecule has 1 aromatic carbocycles. The summed E-state index contributed by atoms with van der Waals surface area (Å²) in [5.74, 6) is 0.221. The number of fused-ring (bicyclic) bond motifs is 1. The van der Waals surface area contributed by atoms with Crippen LogP contribution in [-0.4, -0.2) is 24.9 Å². The molecule has 0 saturated carbocycles. The topological polar surface area (TPSA) is 47.6 Å². The van der Waals surface area contributed by atoms with E-state index in [1.807, 2.05) is 0 Å². The molecule has 1 unspecified atom stereocenters. The van der Waals surface area contributed by atoms with E-state index in [9.17, 15) is 18.0 Å². The predicted octanol–water partition coefficient (Wildman–Crippen LogP) is 2.49. The van der Waals surface area contributed by atoms with Crippen molar-refractivity contribution in [1.29, 1.82) is 0 Å². The lowest BCUT2D eigenvalue weighted by Gasteiger charge is -2.18. The van der Waals surface area contributed by atoms with E-state index in [1.165, 1.54) is 30.4 Å². The summed E-state index contributed by atoms with van der Waals surface area (Å²) in [5.41, 5.74) is 0.160. The molecular formula is C12H12F3NO3. The van der Waals surface area contributed by atoms with Gasteiger partial charge in [0, 0.05) is 5.56 Å². The zero-order valence-corrected chi connectivity index (χ0v) is 10.1. The molecular weight excluding hydrogens is 263 g/mol. The van der Waals surface area contributed by atoms with Crippen molar-refractivity contribution >= 4 is 5.78 Å². The number of alkyl halides is 3. The summed E-state index contributed by atoms with van der Waals surface area (Å²) in [6, 6.07) is 3.03. The van der Waals surface area contributed by atoms with Crippen LogP contribution in [0.2, 0.25) is 0 Å². The van der Waals surface area contributed by atoms with Gasteiger partial charge in [0.25, 0.3) is 0 Å². The lowest BCUT2D eigenvalue weighted by Crippen LogP contribution is -2.45. The summed E-state index contributed by atoms with van der Waals surface area (Å²) in [7, 11) is 0. The Morgan fingerprint density at radius 3 is 2.68 bits per heavy atom. The van der Waals surface area contributed by atoms with E-state index >= 15 is 0 Å². The average Bonchev–Trinajstić information content (AvgIpc) is 2.81. The minimum Gasteiger partial charge on any atom is -0.454 e. The van der Waals surface area contributed by atoms with Crippen LogP contribution in [0, 0.1) is 0 Å². The predicted molar refractivity (Wildman–Crippen MR) is 60.2 cm³/mol. The van der Waals surface area contributed by atoms with Crippen LogP contribution in [-0.2, 0) is 0 Å². The number of nitrogens with one attached hydrogen (secondary N) is 1. The van der Waals surface area contributed by atoms with Crippen LogP contribution in [0.5, 0.6) is 11.5 Å². The molecule has 4 nitrogen and oxygen atoms in total. The molecule has 19 heavy (non-hydrogen) atoms. The van der Waals surface area contributed by atoms with Crippen molar-refractivity contribution < 1.29 is 27.4 Å². The molecule has 0 bridgehead atoms. The van der Waals surface area contributed by atoms with Gasteiger partial charge in [0.05, 0.1) is 6.04 Å². The molecule has 2 rings (SSSR count). The summed E-state index contributed by atoms with van der Waals surface area (Å²) < 4.78 is 47.0. The van der Waals surface area contributed by atoms with Gasteiger partial charge in [0.2, 0.25) is 6.79 Å². The fourth-order valence-electron chi connectivity index (χ4n) is 1.80. The van der Waals surface area contributed by atoms with Crippen LogP contribution >= 0.6 is 0 Å². The average molecular weight is 275 g/mol. The Morgan fingerprint density at radius 2 is 2.05 bits per heavy atom. The van der Waals surface area contributed by atoms with Gasteiger partial charge in [-0.05, 0) is 24.6 Å². The highest BCUT2D eigenvalue weighted by Gasteiger charge is 2.34. The largest absolute Gasteiger partial charge is 0.457 e. The van der Waals surface area contributed by atoms with Crippen molar-refractivity contribution in [2.75, 3.05) is 6.79 Å². The number of benzene rings is 1. The number of carbonyl (C=O) groups excluding carboxylic acids is 1. The Bertz CT molecular complexity index is 488. The van der Waals surface area contributed by atoms with Crippen molar-refractivity contribution in [2.45, 2.75) is 25.7 Å². The molecule has 0 spiro atoms. The lowest BCUT2D eigenvalue weighted by atomic mass is 10.0. The minimum absolute atomic E-state index is 0.0345. The molecule has 0 fully saturated rings. The van der Waals surface area contributed by atoms with Gasteiger partial charge >= 0.3 is 6.30 Å². The van der Waals surface area contributed by atoms with Crippen LogP contribution in [0.1, 0.15) is 23.7 Å². The lowest BCUT2D eigenvalue weighted by molar-refractivity contribution is -0.161. The third-order valence-electron chi connectivity index (χ3n) is 2.72. The van der Waals surface area contributed by atoms with Crippen molar-refractivity contribution in [3.63, 3.8) is 0 Å². The molecule has 0 aliphatic carbocycles. The zero-order valence-electron chi connectivity index (χ0n) is 10.1. The van der Waals surface area contributed by atoms with Gasteiger partial charge in [-0.3, -0.25) is 4.79 Å². The van der Waals surface area contributed by atoms with Crippen molar-refractivity contribution in [3.8, 4) is 11.5 Å². The second-order valence-corrected chi connectivity index (χ2v) is 4.04. The number of halogens is 3. The number of ether oxygens (including phenoxy) is 2. The monoisotopic (exact) mass is 275 g/mol. The molecule has 1 atom stereocenters. The van der Waals surface area contributed by atoms with E-state index < -0.39 is 18.1 Å². The fraction of sp³-hybridized carbons (Fsp3) is 0.417. The smallest absolute Gasteiger partial charge is 0.454 e. The van der Waals surface area contributed by atoms with E-state index in [1.54, 1.807) is 0 Å². The molecule has 1 aromatic rings. The van der Waals surface area contributed by atoms with Gasteiger partial charge in [0.15, 0.2) is 17.3 Å². The standard InChI is InChI=1S/C12H12F3NO3/c1-2-8(16-12(13,14)15)11(17)7-3-4-9-10(5-7)19-6-18-9/h3-5,8,16H,2,6H2,1H3. The number of ketones is 1. The van der Waals surface area contributed by atoms with Crippen LogP contribution in [0.4, 0.5) is 13.2 Å². The van der Waals surface area contributed by atoms with E-state index in [0.29, 0.717) is 11.5 Å². The molecule has 7 heteroatoms. The van der Waals surface area contributed by atoms with Crippen LogP contribution in [0.3, 0.4) is 0 Å². The van der Waals surface area contributed by atoms with E-state index in [-0.39, 0.29) is 18.8 Å². The van der Waals surface area contributed by atoms with Crippen LogP contribution in [0.15, 0.2) is 18.2 Å². The summed E-state index contributed by atoms with van der Waals surface area (Å²) in [5, 5.41) is 1.35. The Kier molecular flexibility index (Phi) is 3.66. The first kappa shape index (κ1) is 13.7. The van der Waals surface area contributed by atoms with Gasteiger partial charge in [-0.1, -0.05) is 6.92 Å². The number of hydrogen-bond donors (Lipinski definition) is 1. The first-order chi connectivity index (χ1) is 8.90. The Balaban J connectivity index is 2.18. The second kappa shape index (κ2) is 5.08. The SMILES string of the molecule is CCC(NC(F)(F)F)C(=O)c1ccc2c(c1)OCO2. The van der Waals surface area contributed by atoms with E-state index in [4.69, 9.17) is 9.47 Å². The van der Waals surface area contributed by atoms with E-state index in [2.05, 4.69) is 0 Å². The first-order valence-corrected chi connectivity index (χ1v) is 5.69. The van der Waals surface area contributed by atoms with Gasteiger partial charge in [-0.15, -0.1) is 0 Å². The van der Waals surface area contributed by atoms with Crippen LogP contribution < -0.4 is 14.8 Å². The summed E-state index contributed by atoms with van der Waals surface area (Å²) in [4.78, 5) is 12.0. The van der Waals surface area contributed by atoms with Gasteiger partial charge in [-0.2, -0.15) is 13.2 Å². The number of hydrogen-bond acceptors (Lipinski definition) is 4. The highest BCUT2D eigenvalue weighted by atomic mass is 19.4. The molecule has 0 radical (unpaired) electrons. The highest BCUT2D eigenvalue weighted by Crippen LogP contribution is 2.33. The molecule has 0 aromatic heterocycles. The van der Waals surface area contributed by atoms with Crippen molar-refractivity contribution in [1.82, 2.24) is 5.32 Å². The number of rotatable bonds is 4. The van der Waals surface area contributed by atoms with Gasteiger partial charge in [0.1, 0.15) is 0 Å². The first-order valence-electron chi connectivity index (χ1n) is 5.69. The molecule has 1 N–H and O–H groups in total. The second-order valence-electron chi connectivity index (χ2n) is 4.04. The molecule has 104 valence electrons. The molecule has 0 amide bonds. The van der Waals surface area contributed by atoms with E-state index in [0.717, 1.165) is 0 Å². The quantitative estimate of drug-likeness (QED) is 0.677. The van der Waals surface area contributed by atoms with Crippen molar-refractivity contribution in [2.24, 2.45) is 0 Å². The summed E-state index contributed by atoms with van der Waals surface area (Å²) in [6.45, 7) is 1.55. The Hall–Kier alpha value is -1.76. The molecule has 1 heterocycles. The van der Waals surface area contributed by atoms with Gasteiger partial charge in [-0.25, -0.2) is 5.32 Å². The van der Waals surface area contributed by atoms with Crippen LogP contribution in [0.25, 0.3) is 0 Å². The number of Topliss-reactive ketones (excluding diaryl/α,β-unsaturated/α-hetero) is 1. The third kappa shape index (κ3) is 3.17. The maximum atomic E-state index is 12.3. The summed E-state index contributed by atoms with van der Waals surface area (Å²) >= 11 is 0. The van der Waals surface area contributed by atoms with Gasteiger partial charge < -0.3 is 9.47 Å².